The van der Waals surface area contributed by atoms with Gasteiger partial charge < -0.3 is 15.1 Å². The number of aromatic nitrogens is 3. The number of piperidine rings is 1. The second-order valence-corrected chi connectivity index (χ2v) is 7.96. The topological polar surface area (TPSA) is 102 Å². The van der Waals surface area contributed by atoms with Gasteiger partial charge in [0, 0.05) is 12.5 Å². The highest BCUT2D eigenvalue weighted by Crippen LogP contribution is 2.23. The summed E-state index contributed by atoms with van der Waals surface area (Å²) in [7, 11) is 0. The van der Waals surface area contributed by atoms with Crippen LogP contribution in [0.15, 0.2) is 21.5 Å². The molecule has 0 spiro atoms. The van der Waals surface area contributed by atoms with Crippen LogP contribution in [0.4, 0.5) is 0 Å². The van der Waals surface area contributed by atoms with Crippen molar-refractivity contribution >= 4 is 22.2 Å². The molecule has 1 aliphatic heterocycles. The van der Waals surface area contributed by atoms with Crippen molar-refractivity contribution in [1.82, 2.24) is 25.2 Å². The average Bonchev–Trinajstić information content (AvgIpc) is 3.17. The van der Waals surface area contributed by atoms with Crippen molar-refractivity contribution in [2.45, 2.75) is 39.2 Å². The van der Waals surface area contributed by atoms with Crippen LogP contribution in [0.3, 0.4) is 0 Å². The molecule has 1 atom stereocenters. The molecule has 3 aromatic rings. The number of fused-ring (bicyclic) bond motifs is 1. The van der Waals surface area contributed by atoms with E-state index >= 15 is 0 Å². The normalized spacial score (nSPS) is 17.3. The lowest BCUT2D eigenvalue weighted by atomic mass is 9.95. The largest absolute Gasteiger partial charge is 0.427 e. The summed E-state index contributed by atoms with van der Waals surface area (Å²) in [6.45, 7) is 5.68. The molecule has 1 aliphatic rings. The van der Waals surface area contributed by atoms with Crippen molar-refractivity contribution < 1.29 is 9.21 Å². The highest BCUT2D eigenvalue weighted by Gasteiger charge is 2.22. The number of nitrogens with one attached hydrogen (secondary N) is 2. The molecule has 1 unspecified atom stereocenters. The second kappa shape index (κ2) is 7.24. The van der Waals surface area contributed by atoms with Gasteiger partial charge in [0.25, 0.3) is 5.91 Å². The van der Waals surface area contributed by atoms with Crippen molar-refractivity contribution in [3.8, 4) is 0 Å². The van der Waals surface area contributed by atoms with Crippen LogP contribution in [0.1, 0.15) is 51.1 Å². The van der Waals surface area contributed by atoms with Gasteiger partial charge in [-0.2, -0.15) is 5.10 Å². The van der Waals surface area contributed by atoms with E-state index in [0.717, 1.165) is 35.9 Å². The van der Waals surface area contributed by atoms with E-state index in [1.807, 2.05) is 13.0 Å². The zero-order valence-corrected chi connectivity index (χ0v) is 16.1. The Labute approximate surface area is 159 Å². The molecule has 8 nitrogen and oxygen atoms in total. The van der Waals surface area contributed by atoms with Gasteiger partial charge in [0.15, 0.2) is 0 Å². The highest BCUT2D eigenvalue weighted by atomic mass is 32.1. The maximum Gasteiger partial charge on any atom is 0.349 e. The third-order valence-electron chi connectivity index (χ3n) is 4.72. The summed E-state index contributed by atoms with van der Waals surface area (Å²) in [6, 6.07) is 1.81. The van der Waals surface area contributed by atoms with E-state index < -0.39 is 11.5 Å². The van der Waals surface area contributed by atoms with E-state index in [9.17, 15) is 9.59 Å². The fourth-order valence-corrected chi connectivity index (χ4v) is 4.13. The van der Waals surface area contributed by atoms with Gasteiger partial charge >= 0.3 is 5.63 Å². The fourth-order valence-electron chi connectivity index (χ4n) is 3.39. The Bertz CT molecular complexity index is 1010. The molecule has 3 aromatic heterocycles. The second-order valence-electron chi connectivity index (χ2n) is 6.80. The number of hydrogen-bond acceptors (Lipinski definition) is 7. The van der Waals surface area contributed by atoms with Gasteiger partial charge in [-0.25, -0.2) is 14.3 Å². The van der Waals surface area contributed by atoms with Gasteiger partial charge in [0.05, 0.1) is 18.4 Å². The van der Waals surface area contributed by atoms with E-state index in [4.69, 9.17) is 4.42 Å². The summed E-state index contributed by atoms with van der Waals surface area (Å²) in [5.41, 5.74) is 0.787. The average molecular weight is 387 g/mol. The van der Waals surface area contributed by atoms with Crippen LogP contribution >= 0.6 is 11.3 Å². The first-order chi connectivity index (χ1) is 13.0. The highest BCUT2D eigenvalue weighted by molar-refractivity contribution is 7.16. The van der Waals surface area contributed by atoms with Crippen molar-refractivity contribution in [2.75, 3.05) is 13.1 Å². The molecule has 2 N–H and O–H groups in total. The van der Waals surface area contributed by atoms with E-state index in [0.29, 0.717) is 17.0 Å². The SMILES string of the molecule is Cc1nn2cc(CNC(=O)c3c(C)cc(C4CCCNC4)oc3=O)nc2s1. The number of carbonyl (C=O) groups is 1. The molecular formula is C18H21N5O3S. The Balaban J connectivity index is 1.49. The number of rotatable bonds is 4. The lowest BCUT2D eigenvalue weighted by molar-refractivity contribution is 0.0945. The molecule has 1 fully saturated rings. The lowest BCUT2D eigenvalue weighted by Gasteiger charge is -2.22. The Hall–Kier alpha value is -2.52. The maximum absolute atomic E-state index is 12.5. The summed E-state index contributed by atoms with van der Waals surface area (Å²) in [5, 5.41) is 11.3. The first-order valence-corrected chi connectivity index (χ1v) is 9.78. The molecule has 9 heteroatoms. The van der Waals surface area contributed by atoms with Crippen molar-refractivity contribution in [1.29, 1.82) is 0 Å². The predicted octanol–water partition coefficient (Wildman–Crippen LogP) is 1.76. The molecule has 4 heterocycles. The van der Waals surface area contributed by atoms with Crippen LogP contribution in [-0.4, -0.2) is 33.6 Å². The minimum absolute atomic E-state index is 0.0532. The van der Waals surface area contributed by atoms with Gasteiger partial charge in [-0.3, -0.25) is 4.79 Å². The minimum atomic E-state index is -0.587. The standard InChI is InChI=1S/C18H21N5O3S/c1-10-6-14(12-4-3-5-19-7-12)26-17(25)15(10)16(24)20-8-13-9-23-18(21-13)27-11(2)22-23/h6,9,12,19H,3-5,7-8H2,1-2H3,(H,20,24). The molecule has 0 aliphatic carbocycles. The lowest BCUT2D eigenvalue weighted by Crippen LogP contribution is -2.31. The number of hydrogen-bond donors (Lipinski definition) is 2. The van der Waals surface area contributed by atoms with Crippen molar-refractivity contribution in [2.24, 2.45) is 0 Å². The summed E-state index contributed by atoms with van der Waals surface area (Å²) < 4.78 is 7.15. The summed E-state index contributed by atoms with van der Waals surface area (Å²) in [5.74, 6) is 0.379. The number of aryl methyl sites for hydroxylation is 2. The quantitative estimate of drug-likeness (QED) is 0.707. The Morgan fingerprint density at radius 1 is 1.48 bits per heavy atom. The van der Waals surface area contributed by atoms with Crippen LogP contribution in [-0.2, 0) is 6.54 Å². The maximum atomic E-state index is 12.5. The first-order valence-electron chi connectivity index (χ1n) is 8.96. The third kappa shape index (κ3) is 3.65. The van der Waals surface area contributed by atoms with Crippen molar-refractivity contribution in [3.63, 3.8) is 0 Å². The molecule has 0 saturated carbocycles. The number of nitrogens with zero attached hydrogens (tertiary/aromatic N) is 3. The van der Waals surface area contributed by atoms with Crippen LogP contribution in [0.2, 0.25) is 0 Å². The molecule has 27 heavy (non-hydrogen) atoms. The molecule has 142 valence electrons. The zero-order valence-electron chi connectivity index (χ0n) is 15.2. The van der Waals surface area contributed by atoms with E-state index in [1.165, 1.54) is 11.3 Å². The molecule has 0 bridgehead atoms. The van der Waals surface area contributed by atoms with E-state index in [-0.39, 0.29) is 18.0 Å². The van der Waals surface area contributed by atoms with Gasteiger partial charge in [0.2, 0.25) is 4.96 Å². The molecule has 0 radical (unpaired) electrons. The monoisotopic (exact) mass is 387 g/mol. The molecule has 0 aromatic carbocycles. The smallest absolute Gasteiger partial charge is 0.349 e. The van der Waals surface area contributed by atoms with E-state index in [2.05, 4.69) is 20.7 Å². The Morgan fingerprint density at radius 3 is 3.04 bits per heavy atom. The summed E-state index contributed by atoms with van der Waals surface area (Å²) >= 11 is 1.48. The van der Waals surface area contributed by atoms with Gasteiger partial charge in [-0.1, -0.05) is 11.3 Å². The predicted molar refractivity (Wildman–Crippen MR) is 101 cm³/mol. The minimum Gasteiger partial charge on any atom is -0.427 e. The fraction of sp³-hybridized carbons (Fsp3) is 0.444. The first kappa shape index (κ1) is 17.9. The number of carbonyl (C=O) groups excluding carboxylic acids is 1. The van der Waals surface area contributed by atoms with Crippen LogP contribution in [0.5, 0.6) is 0 Å². The van der Waals surface area contributed by atoms with Crippen LogP contribution in [0, 0.1) is 13.8 Å². The van der Waals surface area contributed by atoms with Gasteiger partial charge in [0.1, 0.15) is 16.3 Å². The van der Waals surface area contributed by atoms with E-state index in [1.54, 1.807) is 17.6 Å². The van der Waals surface area contributed by atoms with Crippen molar-refractivity contribution in [3.05, 3.63) is 50.3 Å². The number of imidazole rings is 1. The molecule has 4 rings (SSSR count). The number of amides is 1. The molecule has 1 saturated heterocycles. The summed E-state index contributed by atoms with van der Waals surface area (Å²) in [6.07, 6.45) is 3.80. The molecule has 1 amide bonds. The third-order valence-corrected chi connectivity index (χ3v) is 5.56. The Kier molecular flexibility index (Phi) is 4.79. The van der Waals surface area contributed by atoms with Gasteiger partial charge in [-0.05, 0) is 44.9 Å². The zero-order chi connectivity index (χ0) is 19.0. The van der Waals surface area contributed by atoms with Gasteiger partial charge in [-0.15, -0.1) is 0 Å². The molecular weight excluding hydrogens is 366 g/mol. The van der Waals surface area contributed by atoms with Crippen LogP contribution < -0.4 is 16.3 Å². The summed E-state index contributed by atoms with van der Waals surface area (Å²) in [4.78, 5) is 30.1. The Morgan fingerprint density at radius 2 is 2.33 bits per heavy atom. The van der Waals surface area contributed by atoms with Crippen LogP contribution in [0.25, 0.3) is 4.96 Å².